The second kappa shape index (κ2) is 58.2. The van der Waals surface area contributed by atoms with Crippen LogP contribution in [-0.4, -0.2) is 140 Å². The summed E-state index contributed by atoms with van der Waals surface area (Å²) >= 11 is 0. The highest BCUT2D eigenvalue weighted by Crippen LogP contribution is 2.31. The fraction of sp³-hybridized carbons (Fsp3) is 0.921. The van der Waals surface area contributed by atoms with Crippen LogP contribution in [-0.2, 0) is 33.3 Å². The third-order valence-electron chi connectivity index (χ3n) is 19.2. The molecule has 2 aliphatic heterocycles. The minimum Gasteiger partial charge on any atom is -0.463 e. The van der Waals surface area contributed by atoms with Crippen molar-refractivity contribution >= 4 is 11.9 Å². The molecule has 91 heavy (non-hydrogen) atoms. The van der Waals surface area contributed by atoms with Gasteiger partial charge in [0.15, 0.2) is 12.6 Å². The Morgan fingerprint density at radius 2 is 0.549 bits per heavy atom. The minimum atomic E-state index is -1.90. The SMILES string of the molecule is CCCCCC/C=C/CCCCCCCC(O)C(CCCCCCCCCCCCCC)C(=O)OCC1O[C@H](O[C@H]2OC(COC(=O)C(CCCCCCCCCCCCCC)C(O)CCCCCCC/C=C/CCCCCC)[C@@H](O)C(O)[C@H]2O)C(O)C(O)[C@@H]1O. The van der Waals surface area contributed by atoms with Crippen LogP contribution in [0.5, 0.6) is 0 Å². The Morgan fingerprint density at radius 3 is 0.824 bits per heavy atom. The summed E-state index contributed by atoms with van der Waals surface area (Å²) < 4.78 is 29.2. The molecule has 2 saturated heterocycles. The molecule has 9 unspecified atom stereocenters. The summed E-state index contributed by atoms with van der Waals surface area (Å²) in [7, 11) is 0. The molecule has 0 aromatic carbocycles. The Bertz CT molecular complexity index is 1600. The highest BCUT2D eigenvalue weighted by molar-refractivity contribution is 5.73. The van der Waals surface area contributed by atoms with Crippen molar-refractivity contribution in [1.82, 2.24) is 0 Å². The molecule has 15 nitrogen and oxygen atoms in total. The van der Waals surface area contributed by atoms with Gasteiger partial charge in [-0.25, -0.2) is 0 Å². The van der Waals surface area contributed by atoms with Crippen LogP contribution in [0.15, 0.2) is 24.3 Å². The fourth-order valence-electron chi connectivity index (χ4n) is 12.9. The van der Waals surface area contributed by atoms with Crippen LogP contribution in [0.2, 0.25) is 0 Å². The zero-order chi connectivity index (χ0) is 66.4. The first kappa shape index (κ1) is 85.1. The van der Waals surface area contributed by atoms with E-state index in [-0.39, 0.29) is 0 Å². The molecule has 0 aromatic rings. The molecule has 536 valence electrons. The minimum absolute atomic E-state index is 0.420. The maximum atomic E-state index is 13.9. The number of hydrogen-bond donors (Lipinski definition) is 8. The average Bonchev–Trinajstić information content (AvgIpc) is 1.06. The molecular formula is C76H142O15. The van der Waals surface area contributed by atoms with Gasteiger partial charge in [0.1, 0.15) is 62.0 Å². The van der Waals surface area contributed by atoms with Crippen molar-refractivity contribution in [1.29, 1.82) is 0 Å². The molecule has 2 fully saturated rings. The predicted octanol–water partition coefficient (Wildman–Crippen LogP) is 16.4. The van der Waals surface area contributed by atoms with Crippen LogP contribution < -0.4 is 0 Å². The third-order valence-corrected chi connectivity index (χ3v) is 19.2. The van der Waals surface area contributed by atoms with Gasteiger partial charge in [0.2, 0.25) is 0 Å². The van der Waals surface area contributed by atoms with Crippen LogP contribution in [0.3, 0.4) is 0 Å². The van der Waals surface area contributed by atoms with E-state index < -0.39 is 111 Å². The normalized spacial score (nSPS) is 23.5. The number of hydrogen-bond acceptors (Lipinski definition) is 15. The molecule has 0 aliphatic carbocycles. The third kappa shape index (κ3) is 41.0. The Balaban J connectivity index is 2.05. The first-order valence-electron chi connectivity index (χ1n) is 38.4. The van der Waals surface area contributed by atoms with Crippen LogP contribution in [0, 0.1) is 11.8 Å². The van der Waals surface area contributed by atoms with Crippen molar-refractivity contribution in [3.05, 3.63) is 24.3 Å². The molecule has 2 aliphatic rings. The van der Waals surface area contributed by atoms with E-state index in [4.69, 9.17) is 23.7 Å². The maximum absolute atomic E-state index is 13.9. The average molecular weight is 1300 g/mol. The summed E-state index contributed by atoms with van der Waals surface area (Å²) in [5.41, 5.74) is 0. The summed E-state index contributed by atoms with van der Waals surface area (Å²) in [5.74, 6) is -2.97. The second-order valence-corrected chi connectivity index (χ2v) is 27.5. The van der Waals surface area contributed by atoms with E-state index in [1.807, 2.05) is 0 Å². The van der Waals surface area contributed by atoms with Crippen molar-refractivity contribution in [2.75, 3.05) is 13.2 Å². The van der Waals surface area contributed by atoms with Gasteiger partial charge >= 0.3 is 11.9 Å². The lowest BCUT2D eigenvalue weighted by Crippen LogP contribution is -2.64. The largest absolute Gasteiger partial charge is 0.463 e. The summed E-state index contributed by atoms with van der Waals surface area (Å²) in [5, 5.41) is 89.7. The predicted molar refractivity (Wildman–Crippen MR) is 367 cm³/mol. The van der Waals surface area contributed by atoms with E-state index in [1.165, 1.54) is 154 Å². The fourth-order valence-corrected chi connectivity index (χ4v) is 12.9. The van der Waals surface area contributed by atoms with E-state index in [1.54, 1.807) is 0 Å². The summed E-state index contributed by atoms with van der Waals surface area (Å²) in [6.45, 7) is 7.80. The molecule has 0 aromatic heterocycles. The van der Waals surface area contributed by atoms with E-state index in [0.717, 1.165) is 141 Å². The van der Waals surface area contributed by atoms with Crippen molar-refractivity contribution in [3.63, 3.8) is 0 Å². The van der Waals surface area contributed by atoms with Crippen LogP contribution in [0.25, 0.3) is 0 Å². The molecule has 0 spiro atoms. The summed E-state index contributed by atoms with van der Waals surface area (Å²) in [6, 6.07) is 0. The first-order valence-corrected chi connectivity index (χ1v) is 38.4. The van der Waals surface area contributed by atoms with Crippen LogP contribution in [0.4, 0.5) is 0 Å². The number of carbonyl (C=O) groups excluding carboxylic acids is 2. The quantitative estimate of drug-likeness (QED) is 0.0160. The van der Waals surface area contributed by atoms with Crippen LogP contribution in [0.1, 0.15) is 349 Å². The van der Waals surface area contributed by atoms with Gasteiger partial charge in [0, 0.05) is 0 Å². The van der Waals surface area contributed by atoms with Gasteiger partial charge in [-0.3, -0.25) is 9.59 Å². The Hall–Kier alpha value is -2.02. The van der Waals surface area contributed by atoms with Gasteiger partial charge in [-0.15, -0.1) is 0 Å². The summed E-state index contributed by atoms with van der Waals surface area (Å²) in [6.07, 6.45) is 43.9. The molecule has 15 heteroatoms. The molecular weight excluding hydrogens is 1150 g/mol. The van der Waals surface area contributed by atoms with Crippen LogP contribution >= 0.6 is 0 Å². The van der Waals surface area contributed by atoms with Crippen molar-refractivity contribution in [3.8, 4) is 0 Å². The Labute approximate surface area is 555 Å². The Kier molecular flexibility index (Phi) is 54.4. The number of aliphatic hydroxyl groups is 8. The van der Waals surface area contributed by atoms with Crippen molar-refractivity contribution < 1.29 is 74.1 Å². The summed E-state index contributed by atoms with van der Waals surface area (Å²) in [4.78, 5) is 27.9. The monoisotopic (exact) mass is 1300 g/mol. The van der Waals surface area contributed by atoms with Crippen molar-refractivity contribution in [2.24, 2.45) is 11.8 Å². The van der Waals surface area contributed by atoms with E-state index in [2.05, 4.69) is 52.0 Å². The van der Waals surface area contributed by atoms with E-state index in [9.17, 15) is 50.4 Å². The molecule has 14 atom stereocenters. The molecule has 8 N–H and O–H groups in total. The first-order chi connectivity index (χ1) is 44.3. The second-order valence-electron chi connectivity index (χ2n) is 27.5. The molecule has 0 amide bonds. The zero-order valence-corrected chi connectivity index (χ0v) is 58.6. The van der Waals surface area contributed by atoms with Gasteiger partial charge in [-0.05, 0) is 77.0 Å². The van der Waals surface area contributed by atoms with Gasteiger partial charge in [-0.2, -0.15) is 0 Å². The standard InChI is InChI=1S/C76H142O15/c1-5-9-13-17-21-25-29-33-37-41-45-49-53-57-63(77)61(55-51-47-43-39-35-31-27-23-19-15-11-7-3)73(85)87-59-65-67(79)69(81)71(83)75(89-65)91-76-72(84)70(82)68(80)66(90-76)60-88-74(86)62(56-52-48-44-40-36-32-28-24-20-16-12-8-4)64(78)58-54-50-46-42-38-34-30-26-22-18-14-10-6-2/h25-26,29-30,61-72,75-84H,5-24,27-28,31-60H2,1-4H3/b29-25+,30-26+/t61?,62?,63?,64?,65?,66?,67-,68-,69?,70?,71-,72?,75-,76-/m1/s1. The number of allylic oxidation sites excluding steroid dienone is 4. The Morgan fingerprint density at radius 1 is 0.319 bits per heavy atom. The lowest BCUT2D eigenvalue weighted by Gasteiger charge is -2.44. The van der Waals surface area contributed by atoms with Gasteiger partial charge in [-0.1, -0.05) is 296 Å². The van der Waals surface area contributed by atoms with Gasteiger partial charge in [0.25, 0.3) is 0 Å². The number of carbonyl (C=O) groups is 2. The lowest BCUT2D eigenvalue weighted by molar-refractivity contribution is -0.376. The molecule has 2 rings (SSSR count). The molecule has 0 bridgehead atoms. The highest BCUT2D eigenvalue weighted by atomic mass is 16.8. The lowest BCUT2D eigenvalue weighted by atomic mass is 9.91. The van der Waals surface area contributed by atoms with E-state index in [0.29, 0.717) is 25.7 Å². The number of esters is 2. The van der Waals surface area contributed by atoms with Gasteiger partial charge in [0.05, 0.1) is 24.0 Å². The number of rotatable bonds is 62. The van der Waals surface area contributed by atoms with E-state index >= 15 is 0 Å². The number of ether oxygens (including phenoxy) is 5. The number of unbranched alkanes of at least 4 members (excludes halogenated alkanes) is 40. The highest BCUT2D eigenvalue weighted by Gasteiger charge is 2.50. The maximum Gasteiger partial charge on any atom is 0.311 e. The topological polar surface area (TPSA) is 242 Å². The molecule has 2 heterocycles. The number of aliphatic hydroxyl groups excluding tert-OH is 8. The van der Waals surface area contributed by atoms with Gasteiger partial charge < -0.3 is 64.5 Å². The zero-order valence-electron chi connectivity index (χ0n) is 58.6. The smallest absolute Gasteiger partial charge is 0.311 e. The molecule has 0 saturated carbocycles. The molecule has 0 radical (unpaired) electrons. The van der Waals surface area contributed by atoms with Crippen molar-refractivity contribution in [2.45, 2.75) is 422 Å².